The van der Waals surface area contributed by atoms with Crippen LogP contribution in [0.4, 0.5) is 0 Å². The summed E-state index contributed by atoms with van der Waals surface area (Å²) < 4.78 is 26.5. The molecule has 0 aromatic rings. The van der Waals surface area contributed by atoms with E-state index >= 15 is 0 Å². The lowest BCUT2D eigenvalue weighted by atomic mass is 9.94. The Kier molecular flexibility index (Phi) is 6.27. The lowest BCUT2D eigenvalue weighted by Crippen LogP contribution is -2.42. The average Bonchev–Trinajstić information content (AvgIpc) is 2.34. The van der Waals surface area contributed by atoms with E-state index in [0.717, 1.165) is 32.4 Å². The molecule has 0 aromatic heterocycles. The van der Waals surface area contributed by atoms with Crippen LogP contribution in [0.15, 0.2) is 0 Å². The van der Waals surface area contributed by atoms with Gasteiger partial charge in [-0.05, 0) is 43.7 Å². The molecule has 0 spiro atoms. The smallest absolute Gasteiger partial charge is 0.214 e. The molecule has 1 saturated heterocycles. The van der Waals surface area contributed by atoms with Crippen molar-refractivity contribution >= 4 is 10.0 Å². The second kappa shape index (κ2) is 7.04. The van der Waals surface area contributed by atoms with Gasteiger partial charge in [0.1, 0.15) is 0 Å². The maximum atomic E-state index is 12.4. The molecule has 0 bridgehead atoms. The monoisotopic (exact) mass is 290 g/mol. The molecule has 1 aliphatic rings. The first-order valence-corrected chi connectivity index (χ1v) is 9.04. The van der Waals surface area contributed by atoms with Crippen LogP contribution in [0.2, 0.25) is 0 Å². The van der Waals surface area contributed by atoms with Crippen LogP contribution < -0.4 is 5.32 Å². The van der Waals surface area contributed by atoms with Crippen LogP contribution in [0.3, 0.4) is 0 Å². The SMILES string of the molecule is CCN(CC1CCCNC1)S(=O)(=O)CCC(C)(C)C. The first-order valence-electron chi connectivity index (χ1n) is 7.43. The van der Waals surface area contributed by atoms with E-state index in [2.05, 4.69) is 26.1 Å². The molecule has 1 aliphatic heterocycles. The van der Waals surface area contributed by atoms with Gasteiger partial charge in [0, 0.05) is 13.1 Å². The van der Waals surface area contributed by atoms with E-state index in [1.54, 1.807) is 4.31 Å². The predicted octanol–water partition coefficient (Wildman–Crippen LogP) is 2.07. The van der Waals surface area contributed by atoms with Gasteiger partial charge in [0.25, 0.3) is 0 Å². The number of rotatable bonds is 6. The lowest BCUT2D eigenvalue weighted by Gasteiger charge is -2.29. The fraction of sp³-hybridized carbons (Fsp3) is 1.00. The highest BCUT2D eigenvalue weighted by Gasteiger charge is 2.26. The molecule has 0 radical (unpaired) electrons. The Balaban J connectivity index is 2.56. The van der Waals surface area contributed by atoms with E-state index in [1.165, 1.54) is 0 Å². The molecule has 1 rings (SSSR count). The Morgan fingerprint density at radius 3 is 2.47 bits per heavy atom. The van der Waals surface area contributed by atoms with Crippen LogP contribution >= 0.6 is 0 Å². The molecule has 114 valence electrons. The molecule has 19 heavy (non-hydrogen) atoms. The fourth-order valence-electron chi connectivity index (χ4n) is 2.37. The second-order valence-electron chi connectivity index (χ2n) is 6.79. The Labute approximate surface area is 119 Å². The summed E-state index contributed by atoms with van der Waals surface area (Å²) in [6.45, 7) is 11.5. The third kappa shape index (κ3) is 6.23. The summed E-state index contributed by atoms with van der Waals surface area (Å²) in [5.41, 5.74) is 0.0683. The number of nitrogens with zero attached hydrogens (tertiary/aromatic N) is 1. The van der Waals surface area contributed by atoms with Crippen molar-refractivity contribution in [2.24, 2.45) is 11.3 Å². The van der Waals surface area contributed by atoms with E-state index in [9.17, 15) is 8.42 Å². The topological polar surface area (TPSA) is 49.4 Å². The fourth-order valence-corrected chi connectivity index (χ4v) is 4.33. The quantitative estimate of drug-likeness (QED) is 0.815. The number of hydrogen-bond donors (Lipinski definition) is 1. The van der Waals surface area contributed by atoms with Crippen LogP contribution in [0.5, 0.6) is 0 Å². The van der Waals surface area contributed by atoms with Crippen LogP contribution in [0, 0.1) is 11.3 Å². The van der Waals surface area contributed by atoms with Crippen molar-refractivity contribution in [3.63, 3.8) is 0 Å². The molecular weight excluding hydrogens is 260 g/mol. The first kappa shape index (κ1) is 16.9. The van der Waals surface area contributed by atoms with E-state index in [-0.39, 0.29) is 11.2 Å². The maximum absolute atomic E-state index is 12.4. The van der Waals surface area contributed by atoms with Crippen LogP contribution in [-0.2, 0) is 10.0 Å². The Bertz CT molecular complexity index is 354. The summed E-state index contributed by atoms with van der Waals surface area (Å²) in [6.07, 6.45) is 3.01. The molecule has 0 aliphatic carbocycles. The van der Waals surface area contributed by atoms with Crippen molar-refractivity contribution in [3.05, 3.63) is 0 Å². The van der Waals surface area contributed by atoms with Gasteiger partial charge in [0.15, 0.2) is 0 Å². The zero-order valence-electron chi connectivity index (χ0n) is 12.9. The van der Waals surface area contributed by atoms with Gasteiger partial charge >= 0.3 is 0 Å². The van der Waals surface area contributed by atoms with Gasteiger partial charge < -0.3 is 5.32 Å². The number of hydrogen-bond acceptors (Lipinski definition) is 3. The van der Waals surface area contributed by atoms with Crippen molar-refractivity contribution in [2.45, 2.75) is 47.0 Å². The van der Waals surface area contributed by atoms with E-state index in [4.69, 9.17) is 0 Å². The first-order chi connectivity index (χ1) is 8.74. The van der Waals surface area contributed by atoms with Crippen LogP contribution in [0.25, 0.3) is 0 Å². The molecule has 1 unspecified atom stereocenters. The summed E-state index contributed by atoms with van der Waals surface area (Å²) in [5, 5.41) is 3.35. The zero-order chi connectivity index (χ0) is 14.5. The highest BCUT2D eigenvalue weighted by atomic mass is 32.2. The molecule has 1 N–H and O–H groups in total. The van der Waals surface area contributed by atoms with Crippen molar-refractivity contribution in [3.8, 4) is 0 Å². The zero-order valence-corrected chi connectivity index (χ0v) is 13.7. The number of nitrogens with one attached hydrogen (secondary N) is 1. The van der Waals surface area contributed by atoms with E-state index in [0.29, 0.717) is 19.0 Å². The standard InChI is InChI=1S/C14H30N2O2S/c1-5-16(12-13-7-6-9-15-11-13)19(17,18)10-8-14(2,3)4/h13,15H,5-12H2,1-4H3. The van der Waals surface area contributed by atoms with Gasteiger partial charge in [-0.3, -0.25) is 0 Å². The normalized spacial score (nSPS) is 21.8. The number of piperidine rings is 1. The Morgan fingerprint density at radius 2 is 2.00 bits per heavy atom. The van der Waals surface area contributed by atoms with Crippen molar-refractivity contribution in [2.75, 3.05) is 31.9 Å². The molecule has 1 heterocycles. The minimum atomic E-state index is -3.10. The largest absolute Gasteiger partial charge is 0.316 e. The average molecular weight is 290 g/mol. The Morgan fingerprint density at radius 1 is 1.32 bits per heavy atom. The minimum absolute atomic E-state index is 0.0683. The summed E-state index contributed by atoms with van der Waals surface area (Å²) >= 11 is 0. The molecule has 0 aromatic carbocycles. The molecule has 5 heteroatoms. The van der Waals surface area contributed by atoms with Gasteiger partial charge in [-0.2, -0.15) is 0 Å². The predicted molar refractivity (Wildman–Crippen MR) is 80.7 cm³/mol. The minimum Gasteiger partial charge on any atom is -0.316 e. The molecule has 0 amide bonds. The Hall–Kier alpha value is -0.130. The summed E-state index contributed by atoms with van der Waals surface area (Å²) in [5.74, 6) is 0.739. The molecule has 1 atom stereocenters. The highest BCUT2D eigenvalue weighted by molar-refractivity contribution is 7.89. The van der Waals surface area contributed by atoms with Gasteiger partial charge in [0.05, 0.1) is 5.75 Å². The van der Waals surface area contributed by atoms with Gasteiger partial charge in [-0.25, -0.2) is 12.7 Å². The van der Waals surface area contributed by atoms with Crippen LogP contribution in [-0.4, -0.2) is 44.7 Å². The van der Waals surface area contributed by atoms with Crippen LogP contribution in [0.1, 0.15) is 47.0 Å². The van der Waals surface area contributed by atoms with Crippen molar-refractivity contribution in [1.82, 2.24) is 9.62 Å². The van der Waals surface area contributed by atoms with E-state index < -0.39 is 10.0 Å². The summed E-state index contributed by atoms with van der Waals surface area (Å²) in [4.78, 5) is 0. The third-order valence-electron chi connectivity index (χ3n) is 3.72. The van der Waals surface area contributed by atoms with Crippen molar-refractivity contribution < 1.29 is 8.42 Å². The second-order valence-corrected chi connectivity index (χ2v) is 8.88. The summed E-state index contributed by atoms with van der Waals surface area (Å²) in [6, 6.07) is 0. The van der Waals surface area contributed by atoms with Gasteiger partial charge in [-0.1, -0.05) is 27.7 Å². The van der Waals surface area contributed by atoms with Gasteiger partial charge in [-0.15, -0.1) is 0 Å². The molecule has 4 nitrogen and oxygen atoms in total. The van der Waals surface area contributed by atoms with E-state index in [1.807, 2.05) is 6.92 Å². The van der Waals surface area contributed by atoms with Gasteiger partial charge in [0.2, 0.25) is 10.0 Å². The number of sulfonamides is 1. The highest BCUT2D eigenvalue weighted by Crippen LogP contribution is 2.21. The summed E-state index contributed by atoms with van der Waals surface area (Å²) in [7, 11) is -3.10. The van der Waals surface area contributed by atoms with Crippen molar-refractivity contribution in [1.29, 1.82) is 0 Å². The third-order valence-corrected chi connectivity index (χ3v) is 5.63. The molecule has 1 fully saturated rings. The molecular formula is C14H30N2O2S. The lowest BCUT2D eigenvalue weighted by molar-refractivity contribution is 0.295. The maximum Gasteiger partial charge on any atom is 0.214 e. The molecule has 0 saturated carbocycles.